The molecule has 1 aromatic heterocycles. The molecule has 11 heteroatoms. The maximum atomic E-state index is 12.8. The van der Waals surface area contributed by atoms with Gasteiger partial charge in [0.15, 0.2) is 4.34 Å². The lowest BCUT2D eigenvalue weighted by Gasteiger charge is -2.31. The summed E-state index contributed by atoms with van der Waals surface area (Å²) in [5, 5.41) is 11.9. The van der Waals surface area contributed by atoms with E-state index in [1.807, 2.05) is 0 Å². The van der Waals surface area contributed by atoms with Crippen molar-refractivity contribution in [1.29, 1.82) is 0 Å². The Morgan fingerprint density at radius 2 is 2.07 bits per heavy atom. The molecule has 3 rings (SSSR count). The van der Waals surface area contributed by atoms with Crippen molar-refractivity contribution in [3.05, 3.63) is 34.9 Å². The zero-order chi connectivity index (χ0) is 21.7. The third kappa shape index (κ3) is 6.65. The van der Waals surface area contributed by atoms with Gasteiger partial charge in [0.2, 0.25) is 21.1 Å². The van der Waals surface area contributed by atoms with Crippen LogP contribution in [0.5, 0.6) is 0 Å². The number of amides is 1. The molecule has 30 heavy (non-hydrogen) atoms. The second kappa shape index (κ2) is 10.4. The smallest absolute Gasteiger partial charge is 0.230 e. The summed E-state index contributed by atoms with van der Waals surface area (Å²) >= 11 is 8.83. The highest BCUT2D eigenvalue weighted by molar-refractivity contribution is 8.01. The van der Waals surface area contributed by atoms with Gasteiger partial charge in [0, 0.05) is 23.9 Å². The van der Waals surface area contributed by atoms with Gasteiger partial charge in [0.25, 0.3) is 0 Å². The van der Waals surface area contributed by atoms with Crippen molar-refractivity contribution in [1.82, 2.24) is 14.5 Å². The predicted octanol–water partition coefficient (Wildman–Crippen LogP) is 4.12. The maximum Gasteiger partial charge on any atom is 0.230 e. The third-order valence-electron chi connectivity index (χ3n) is 4.59. The molecule has 0 unspecified atom stereocenters. The van der Waals surface area contributed by atoms with Crippen LogP contribution in [0.2, 0.25) is 5.02 Å². The number of carbonyl (C=O) groups excluding carboxylic acids is 1. The summed E-state index contributed by atoms with van der Waals surface area (Å²) in [6, 6.07) is 6.76. The topological polar surface area (TPSA) is 92.3 Å². The zero-order valence-electron chi connectivity index (χ0n) is 16.9. The highest BCUT2D eigenvalue weighted by Gasteiger charge is 2.32. The largest absolute Gasteiger partial charge is 0.300 e. The summed E-state index contributed by atoms with van der Waals surface area (Å²) in [6.07, 6.45) is 1.29. The van der Waals surface area contributed by atoms with Gasteiger partial charge in [-0.1, -0.05) is 60.7 Å². The standard InChI is InChI=1S/C19H25ClN4O3S3/c1-13(2)11-28-19-23-22-18(29-19)21-17(25)15-4-3-9-24(10-15)30(26,27)12-14-5-7-16(20)8-6-14/h5-8,13,15H,3-4,9-12H2,1-2H3,(H,21,22,25)/t15-/m1/s1. The van der Waals surface area contributed by atoms with Crippen molar-refractivity contribution in [3.63, 3.8) is 0 Å². The van der Waals surface area contributed by atoms with Gasteiger partial charge in [-0.3, -0.25) is 4.79 Å². The van der Waals surface area contributed by atoms with Crippen molar-refractivity contribution >= 4 is 55.8 Å². The molecule has 1 aromatic carbocycles. The fourth-order valence-electron chi connectivity index (χ4n) is 3.06. The van der Waals surface area contributed by atoms with Crippen LogP contribution in [0.3, 0.4) is 0 Å². The molecular weight excluding hydrogens is 464 g/mol. The minimum atomic E-state index is -3.52. The fourth-order valence-corrected chi connectivity index (χ4v) is 6.52. The third-order valence-corrected chi connectivity index (χ3v) is 9.05. The monoisotopic (exact) mass is 488 g/mol. The Labute approximate surface area is 190 Å². The number of aromatic nitrogens is 2. The van der Waals surface area contributed by atoms with E-state index in [0.717, 1.165) is 10.1 Å². The van der Waals surface area contributed by atoms with E-state index in [-0.39, 0.29) is 18.2 Å². The van der Waals surface area contributed by atoms with Crippen molar-refractivity contribution < 1.29 is 13.2 Å². The highest BCUT2D eigenvalue weighted by atomic mass is 35.5. The molecule has 0 radical (unpaired) electrons. The number of anilines is 1. The molecule has 0 bridgehead atoms. The number of nitrogens with one attached hydrogen (secondary N) is 1. The Balaban J connectivity index is 1.58. The molecule has 7 nitrogen and oxygen atoms in total. The van der Waals surface area contributed by atoms with Crippen molar-refractivity contribution in [2.75, 3.05) is 24.2 Å². The zero-order valence-corrected chi connectivity index (χ0v) is 20.1. The first kappa shape index (κ1) is 23.5. The average molecular weight is 489 g/mol. The lowest BCUT2D eigenvalue weighted by molar-refractivity contribution is -0.120. The Kier molecular flexibility index (Phi) is 8.14. The van der Waals surface area contributed by atoms with Crippen molar-refractivity contribution in [2.24, 2.45) is 11.8 Å². The number of rotatable bonds is 8. The Morgan fingerprint density at radius 3 is 2.77 bits per heavy atom. The van der Waals surface area contributed by atoms with E-state index in [4.69, 9.17) is 11.6 Å². The first-order valence-electron chi connectivity index (χ1n) is 9.72. The molecular formula is C19H25ClN4O3S3. The lowest BCUT2D eigenvalue weighted by atomic mass is 9.99. The number of nitrogens with zero attached hydrogens (tertiary/aromatic N) is 3. The predicted molar refractivity (Wildman–Crippen MR) is 122 cm³/mol. The summed E-state index contributed by atoms with van der Waals surface area (Å²) in [5.41, 5.74) is 0.672. The Hall–Kier alpha value is -1.20. The van der Waals surface area contributed by atoms with Crippen LogP contribution in [0.1, 0.15) is 32.3 Å². The van der Waals surface area contributed by atoms with E-state index in [1.165, 1.54) is 15.6 Å². The van der Waals surface area contributed by atoms with E-state index in [1.54, 1.807) is 36.0 Å². The van der Waals surface area contributed by atoms with Crippen LogP contribution in [0.4, 0.5) is 5.13 Å². The normalized spacial score (nSPS) is 17.9. The van der Waals surface area contributed by atoms with Gasteiger partial charge in [-0.2, -0.15) is 0 Å². The van der Waals surface area contributed by atoms with Gasteiger partial charge < -0.3 is 5.32 Å². The molecule has 1 amide bonds. The van der Waals surface area contributed by atoms with Crippen LogP contribution in [0.25, 0.3) is 0 Å². The maximum absolute atomic E-state index is 12.8. The van der Waals surface area contributed by atoms with E-state index in [0.29, 0.717) is 41.0 Å². The van der Waals surface area contributed by atoms with E-state index in [9.17, 15) is 13.2 Å². The molecule has 2 aromatic rings. The Bertz CT molecular complexity index is 964. The highest BCUT2D eigenvalue weighted by Crippen LogP contribution is 2.28. The summed E-state index contributed by atoms with van der Waals surface area (Å²) in [6.45, 7) is 4.86. The number of hydrogen-bond acceptors (Lipinski definition) is 7. The van der Waals surface area contributed by atoms with Crippen molar-refractivity contribution in [2.45, 2.75) is 36.8 Å². The van der Waals surface area contributed by atoms with Crippen LogP contribution in [-0.4, -0.2) is 47.7 Å². The summed E-state index contributed by atoms with van der Waals surface area (Å²) in [5.74, 6) is 0.754. The Morgan fingerprint density at radius 1 is 1.33 bits per heavy atom. The van der Waals surface area contributed by atoms with E-state index < -0.39 is 15.9 Å². The molecule has 0 saturated carbocycles. The van der Waals surface area contributed by atoms with Gasteiger partial charge in [0.1, 0.15) is 0 Å². The van der Waals surface area contributed by atoms with Crippen LogP contribution >= 0.6 is 34.7 Å². The number of sulfonamides is 1. The average Bonchev–Trinajstić information content (AvgIpc) is 3.15. The second-order valence-corrected chi connectivity index (χ2v) is 12.3. The van der Waals surface area contributed by atoms with Crippen LogP contribution in [0, 0.1) is 11.8 Å². The second-order valence-electron chi connectivity index (χ2n) is 7.65. The van der Waals surface area contributed by atoms with Crippen molar-refractivity contribution in [3.8, 4) is 0 Å². The quantitative estimate of drug-likeness (QED) is 0.444. The number of hydrogen-bond donors (Lipinski definition) is 1. The molecule has 1 aliphatic rings. The minimum Gasteiger partial charge on any atom is -0.300 e. The number of piperidine rings is 1. The molecule has 0 aliphatic carbocycles. The van der Waals surface area contributed by atoms with Gasteiger partial charge in [0.05, 0.1) is 11.7 Å². The molecule has 1 atom stereocenters. The minimum absolute atomic E-state index is 0.106. The summed E-state index contributed by atoms with van der Waals surface area (Å²) < 4.78 is 27.9. The molecule has 1 aliphatic heterocycles. The first-order valence-corrected chi connectivity index (χ1v) is 13.5. The molecule has 1 fully saturated rings. The van der Waals surface area contributed by atoms with Crippen LogP contribution < -0.4 is 5.32 Å². The molecule has 1 N–H and O–H groups in total. The molecule has 2 heterocycles. The van der Waals surface area contributed by atoms with Crippen LogP contribution in [-0.2, 0) is 20.6 Å². The van der Waals surface area contributed by atoms with E-state index in [2.05, 4.69) is 29.4 Å². The van der Waals surface area contributed by atoms with Gasteiger partial charge in [-0.15, -0.1) is 10.2 Å². The van der Waals surface area contributed by atoms with Gasteiger partial charge in [-0.05, 0) is 36.5 Å². The van der Waals surface area contributed by atoms with Crippen LogP contribution in [0.15, 0.2) is 28.6 Å². The van der Waals surface area contributed by atoms with Gasteiger partial charge >= 0.3 is 0 Å². The SMILES string of the molecule is CC(C)CSc1nnc(NC(=O)[C@@H]2CCCN(S(=O)(=O)Cc3ccc(Cl)cc3)C2)s1. The first-order chi connectivity index (χ1) is 14.2. The van der Waals surface area contributed by atoms with E-state index >= 15 is 0 Å². The number of benzene rings is 1. The number of carbonyl (C=O) groups is 1. The fraction of sp³-hybridized carbons (Fsp3) is 0.526. The molecule has 0 spiro atoms. The number of halogens is 1. The molecule has 164 valence electrons. The van der Waals surface area contributed by atoms with Gasteiger partial charge in [-0.25, -0.2) is 12.7 Å². The summed E-state index contributed by atoms with van der Waals surface area (Å²) in [7, 11) is -3.52. The summed E-state index contributed by atoms with van der Waals surface area (Å²) in [4.78, 5) is 12.7. The number of thioether (sulfide) groups is 1. The lowest BCUT2D eigenvalue weighted by Crippen LogP contribution is -2.44. The molecule has 1 saturated heterocycles.